The Morgan fingerprint density at radius 1 is 1.11 bits per heavy atom. The summed E-state index contributed by atoms with van der Waals surface area (Å²) in [6.45, 7) is 4.21. The highest BCUT2D eigenvalue weighted by atomic mass is 35.5. The normalized spacial score (nSPS) is 17.6. The fraction of sp³-hybridized carbons (Fsp3) is 0.294. The van der Waals surface area contributed by atoms with E-state index in [1.807, 2.05) is 6.07 Å². The van der Waals surface area contributed by atoms with Crippen molar-refractivity contribution in [2.75, 3.05) is 0 Å². The van der Waals surface area contributed by atoms with Crippen molar-refractivity contribution in [3.8, 4) is 11.1 Å². The predicted molar refractivity (Wildman–Crippen MR) is 81.6 cm³/mol. The lowest BCUT2D eigenvalue weighted by Gasteiger charge is -2.11. The standard InChI is InChI=1S/C17H18ClN/c1-10-7-15(16(18)8-11(10)2)13-3-5-14-12(9-13)4-6-17(14)19/h3,5,7-9,17H,4,6,19H2,1-2H3. The highest BCUT2D eigenvalue weighted by Crippen LogP contribution is 2.36. The van der Waals surface area contributed by atoms with Gasteiger partial charge in [-0.1, -0.05) is 29.8 Å². The van der Waals surface area contributed by atoms with Crippen molar-refractivity contribution in [1.29, 1.82) is 0 Å². The first-order valence-corrected chi connectivity index (χ1v) is 7.09. The topological polar surface area (TPSA) is 26.0 Å². The lowest BCUT2D eigenvalue weighted by molar-refractivity contribution is 0.713. The zero-order chi connectivity index (χ0) is 13.6. The molecule has 2 heteroatoms. The van der Waals surface area contributed by atoms with Crippen LogP contribution in [0.15, 0.2) is 30.3 Å². The number of nitrogens with two attached hydrogens (primary N) is 1. The average Bonchev–Trinajstić information content (AvgIpc) is 2.75. The van der Waals surface area contributed by atoms with Crippen LogP contribution in [0.4, 0.5) is 0 Å². The molecule has 0 saturated carbocycles. The zero-order valence-electron chi connectivity index (χ0n) is 11.3. The molecule has 0 radical (unpaired) electrons. The quantitative estimate of drug-likeness (QED) is 0.808. The number of aryl methyl sites for hydroxylation is 3. The van der Waals surface area contributed by atoms with E-state index in [4.69, 9.17) is 17.3 Å². The number of benzene rings is 2. The van der Waals surface area contributed by atoms with Crippen LogP contribution in [0.5, 0.6) is 0 Å². The van der Waals surface area contributed by atoms with E-state index in [-0.39, 0.29) is 6.04 Å². The van der Waals surface area contributed by atoms with Gasteiger partial charge in [0.05, 0.1) is 0 Å². The van der Waals surface area contributed by atoms with Gasteiger partial charge in [-0.3, -0.25) is 0 Å². The zero-order valence-corrected chi connectivity index (χ0v) is 12.1. The van der Waals surface area contributed by atoms with E-state index in [2.05, 4.69) is 38.1 Å². The van der Waals surface area contributed by atoms with Gasteiger partial charge in [0.1, 0.15) is 0 Å². The minimum Gasteiger partial charge on any atom is -0.324 e. The largest absolute Gasteiger partial charge is 0.324 e. The highest BCUT2D eigenvalue weighted by molar-refractivity contribution is 6.33. The summed E-state index contributed by atoms with van der Waals surface area (Å²) in [4.78, 5) is 0. The van der Waals surface area contributed by atoms with Crippen LogP contribution in [0, 0.1) is 13.8 Å². The summed E-state index contributed by atoms with van der Waals surface area (Å²) in [5.74, 6) is 0. The second kappa shape index (κ2) is 4.66. The molecule has 98 valence electrons. The van der Waals surface area contributed by atoms with Gasteiger partial charge in [0.15, 0.2) is 0 Å². The smallest absolute Gasteiger partial charge is 0.0487 e. The van der Waals surface area contributed by atoms with Gasteiger partial charge in [-0.25, -0.2) is 0 Å². The Hall–Kier alpha value is -1.31. The van der Waals surface area contributed by atoms with Gasteiger partial charge in [0, 0.05) is 16.6 Å². The molecule has 2 aromatic carbocycles. The Kier molecular flexibility index (Phi) is 3.12. The molecule has 0 heterocycles. The van der Waals surface area contributed by atoms with E-state index in [1.54, 1.807) is 0 Å². The van der Waals surface area contributed by atoms with Gasteiger partial charge in [-0.15, -0.1) is 0 Å². The molecular formula is C17H18ClN. The van der Waals surface area contributed by atoms with Crippen molar-refractivity contribution in [3.63, 3.8) is 0 Å². The highest BCUT2D eigenvalue weighted by Gasteiger charge is 2.19. The van der Waals surface area contributed by atoms with E-state index in [9.17, 15) is 0 Å². The molecule has 2 aromatic rings. The number of halogens is 1. The van der Waals surface area contributed by atoms with Crippen LogP contribution < -0.4 is 5.73 Å². The molecule has 1 atom stereocenters. The third kappa shape index (κ3) is 2.18. The molecule has 2 N–H and O–H groups in total. The van der Waals surface area contributed by atoms with Crippen molar-refractivity contribution < 1.29 is 0 Å². The lowest BCUT2D eigenvalue weighted by Crippen LogP contribution is -2.04. The van der Waals surface area contributed by atoms with E-state index in [1.165, 1.54) is 27.8 Å². The Morgan fingerprint density at radius 2 is 1.84 bits per heavy atom. The molecule has 1 unspecified atom stereocenters. The van der Waals surface area contributed by atoms with Crippen molar-refractivity contribution in [1.82, 2.24) is 0 Å². The molecule has 0 amide bonds. The first-order chi connectivity index (χ1) is 9.06. The summed E-state index contributed by atoms with van der Waals surface area (Å²) in [5.41, 5.74) is 13.6. The molecule has 0 saturated heterocycles. The lowest BCUT2D eigenvalue weighted by atomic mass is 9.97. The second-order valence-corrected chi connectivity index (χ2v) is 5.88. The summed E-state index contributed by atoms with van der Waals surface area (Å²) < 4.78 is 0. The summed E-state index contributed by atoms with van der Waals surface area (Å²) >= 11 is 6.39. The van der Waals surface area contributed by atoms with Gasteiger partial charge in [-0.2, -0.15) is 0 Å². The molecule has 1 nitrogen and oxygen atoms in total. The Morgan fingerprint density at radius 3 is 2.63 bits per heavy atom. The Labute approximate surface area is 119 Å². The van der Waals surface area contributed by atoms with E-state index in [0.29, 0.717) is 0 Å². The van der Waals surface area contributed by atoms with Gasteiger partial charge in [0.25, 0.3) is 0 Å². The minimum absolute atomic E-state index is 0.208. The minimum atomic E-state index is 0.208. The molecule has 0 spiro atoms. The molecule has 0 bridgehead atoms. The van der Waals surface area contributed by atoms with Crippen LogP contribution in [0.3, 0.4) is 0 Å². The molecule has 0 aromatic heterocycles. The van der Waals surface area contributed by atoms with Crippen LogP contribution in [-0.2, 0) is 6.42 Å². The Balaban J connectivity index is 2.11. The number of rotatable bonds is 1. The summed E-state index contributed by atoms with van der Waals surface area (Å²) in [6.07, 6.45) is 2.13. The van der Waals surface area contributed by atoms with Crippen LogP contribution in [0.2, 0.25) is 5.02 Å². The van der Waals surface area contributed by atoms with Crippen LogP contribution in [0.25, 0.3) is 11.1 Å². The second-order valence-electron chi connectivity index (χ2n) is 5.48. The van der Waals surface area contributed by atoms with Gasteiger partial charge in [-0.05, 0) is 66.6 Å². The maximum Gasteiger partial charge on any atom is 0.0487 e. The Bertz CT molecular complexity index is 646. The van der Waals surface area contributed by atoms with E-state index in [0.717, 1.165) is 23.4 Å². The number of hydrogen-bond acceptors (Lipinski definition) is 1. The molecular weight excluding hydrogens is 254 g/mol. The molecule has 0 aliphatic heterocycles. The molecule has 1 aliphatic carbocycles. The molecule has 1 aliphatic rings. The van der Waals surface area contributed by atoms with E-state index >= 15 is 0 Å². The average molecular weight is 272 g/mol. The van der Waals surface area contributed by atoms with Crippen LogP contribution >= 0.6 is 11.6 Å². The third-order valence-corrected chi connectivity index (χ3v) is 4.47. The SMILES string of the molecule is Cc1cc(Cl)c(-c2ccc3c(c2)CCC3N)cc1C. The summed E-state index contributed by atoms with van der Waals surface area (Å²) in [5, 5.41) is 0.824. The van der Waals surface area contributed by atoms with Crippen LogP contribution in [-0.4, -0.2) is 0 Å². The fourth-order valence-electron chi connectivity index (χ4n) is 2.82. The van der Waals surface area contributed by atoms with Gasteiger partial charge in [0.2, 0.25) is 0 Å². The molecule has 3 rings (SSSR count). The van der Waals surface area contributed by atoms with Crippen molar-refractivity contribution in [2.45, 2.75) is 32.7 Å². The summed E-state index contributed by atoms with van der Waals surface area (Å²) in [6, 6.07) is 11.0. The maximum atomic E-state index is 6.39. The fourth-order valence-corrected chi connectivity index (χ4v) is 3.15. The van der Waals surface area contributed by atoms with Gasteiger partial charge < -0.3 is 5.73 Å². The number of hydrogen-bond donors (Lipinski definition) is 1. The van der Waals surface area contributed by atoms with E-state index < -0.39 is 0 Å². The van der Waals surface area contributed by atoms with Gasteiger partial charge >= 0.3 is 0 Å². The predicted octanol–water partition coefficient (Wildman–Crippen LogP) is 4.57. The molecule has 19 heavy (non-hydrogen) atoms. The van der Waals surface area contributed by atoms with Crippen molar-refractivity contribution in [2.24, 2.45) is 5.73 Å². The third-order valence-electron chi connectivity index (χ3n) is 4.16. The van der Waals surface area contributed by atoms with Crippen molar-refractivity contribution in [3.05, 3.63) is 57.6 Å². The van der Waals surface area contributed by atoms with Crippen molar-refractivity contribution >= 4 is 11.6 Å². The number of fused-ring (bicyclic) bond motifs is 1. The van der Waals surface area contributed by atoms with Crippen LogP contribution in [0.1, 0.15) is 34.7 Å². The first kappa shape index (κ1) is 12.7. The molecule has 0 fully saturated rings. The summed E-state index contributed by atoms with van der Waals surface area (Å²) in [7, 11) is 0. The first-order valence-electron chi connectivity index (χ1n) is 6.72. The maximum absolute atomic E-state index is 6.39. The monoisotopic (exact) mass is 271 g/mol.